The second kappa shape index (κ2) is 9.26. The highest BCUT2D eigenvalue weighted by Crippen LogP contribution is 2.17. The van der Waals surface area contributed by atoms with Crippen molar-refractivity contribution in [2.75, 3.05) is 11.9 Å². The number of nitrogens with one attached hydrogen (secondary N) is 1. The summed E-state index contributed by atoms with van der Waals surface area (Å²) in [5.41, 5.74) is 0.873. The molecule has 0 unspecified atom stereocenters. The van der Waals surface area contributed by atoms with Crippen LogP contribution in [0.15, 0.2) is 48.5 Å². The van der Waals surface area contributed by atoms with Crippen LogP contribution in [0.4, 0.5) is 11.4 Å². The van der Waals surface area contributed by atoms with Crippen molar-refractivity contribution in [1.82, 2.24) is 0 Å². The minimum atomic E-state index is -1.07. The predicted octanol–water partition coefficient (Wildman–Crippen LogP) is 2.75. The van der Waals surface area contributed by atoms with Gasteiger partial charge in [-0.3, -0.25) is 19.7 Å². The molecule has 0 bridgehead atoms. The maximum Gasteiger partial charge on any atom is 0.344 e. The highest BCUT2D eigenvalue weighted by Gasteiger charge is 2.18. The summed E-state index contributed by atoms with van der Waals surface area (Å²) in [7, 11) is 0. The monoisotopic (exact) mass is 386 g/mol. The molecule has 2 aromatic carbocycles. The van der Waals surface area contributed by atoms with E-state index < -0.39 is 29.5 Å². The highest BCUT2D eigenvalue weighted by atomic mass is 16.6. The van der Waals surface area contributed by atoms with Crippen LogP contribution < -0.4 is 10.1 Å². The van der Waals surface area contributed by atoms with Crippen molar-refractivity contribution < 1.29 is 28.8 Å². The molecule has 28 heavy (non-hydrogen) atoms. The standard InChI is InChI=1S/C19H18N2O7/c1-12(22)14-3-5-15(6-4-14)20-19(24)13(2)28-18(23)11-27-17-9-7-16(8-10-17)21(25)26/h3-10,13H,11H2,1-2H3,(H,20,24)/t13-/m0/s1. The van der Waals surface area contributed by atoms with Crippen LogP contribution in [0.1, 0.15) is 24.2 Å². The van der Waals surface area contributed by atoms with E-state index >= 15 is 0 Å². The molecular formula is C19H18N2O7. The van der Waals surface area contributed by atoms with Crippen LogP contribution in [0.2, 0.25) is 0 Å². The lowest BCUT2D eigenvalue weighted by atomic mass is 10.1. The van der Waals surface area contributed by atoms with Gasteiger partial charge in [-0.2, -0.15) is 0 Å². The topological polar surface area (TPSA) is 125 Å². The summed E-state index contributed by atoms with van der Waals surface area (Å²) in [5.74, 6) is -1.15. The Morgan fingerprint density at radius 2 is 1.68 bits per heavy atom. The third-order valence-electron chi connectivity index (χ3n) is 3.64. The van der Waals surface area contributed by atoms with Gasteiger partial charge in [0.1, 0.15) is 5.75 Å². The van der Waals surface area contributed by atoms with Crippen molar-refractivity contribution in [3.63, 3.8) is 0 Å². The van der Waals surface area contributed by atoms with Gasteiger partial charge in [0.05, 0.1) is 4.92 Å². The van der Waals surface area contributed by atoms with Crippen molar-refractivity contribution in [2.24, 2.45) is 0 Å². The Labute approximate surface area is 160 Å². The SMILES string of the molecule is CC(=O)c1ccc(NC(=O)[C@H](C)OC(=O)COc2ccc([N+](=O)[O-])cc2)cc1. The average Bonchev–Trinajstić information content (AvgIpc) is 2.67. The normalized spacial score (nSPS) is 11.2. The molecular weight excluding hydrogens is 368 g/mol. The van der Waals surface area contributed by atoms with E-state index in [2.05, 4.69) is 5.32 Å². The molecule has 2 aromatic rings. The van der Waals surface area contributed by atoms with Gasteiger partial charge in [-0.05, 0) is 50.2 Å². The molecule has 146 valence electrons. The van der Waals surface area contributed by atoms with Crippen molar-refractivity contribution in [2.45, 2.75) is 20.0 Å². The maximum atomic E-state index is 12.1. The van der Waals surface area contributed by atoms with E-state index in [0.29, 0.717) is 11.3 Å². The lowest BCUT2D eigenvalue weighted by molar-refractivity contribution is -0.384. The number of nitrogens with zero attached hydrogens (tertiary/aromatic N) is 1. The Kier molecular flexibility index (Phi) is 6.80. The van der Waals surface area contributed by atoms with Crippen molar-refractivity contribution in [3.05, 3.63) is 64.2 Å². The molecule has 1 amide bonds. The Hall–Kier alpha value is -3.75. The van der Waals surface area contributed by atoms with Crippen molar-refractivity contribution in [3.8, 4) is 5.75 Å². The fourth-order valence-electron chi connectivity index (χ4n) is 2.12. The average molecular weight is 386 g/mol. The summed E-state index contributed by atoms with van der Waals surface area (Å²) < 4.78 is 10.2. The number of nitro benzene ring substituents is 1. The molecule has 0 saturated heterocycles. The zero-order valence-corrected chi connectivity index (χ0v) is 15.2. The first-order valence-corrected chi connectivity index (χ1v) is 8.25. The fraction of sp³-hybridized carbons (Fsp3) is 0.211. The predicted molar refractivity (Wildman–Crippen MR) is 99.2 cm³/mol. The van der Waals surface area contributed by atoms with Crippen LogP contribution in [0.3, 0.4) is 0 Å². The number of nitro groups is 1. The van der Waals surface area contributed by atoms with Crippen LogP contribution in [0.25, 0.3) is 0 Å². The van der Waals surface area contributed by atoms with Gasteiger partial charge < -0.3 is 14.8 Å². The summed E-state index contributed by atoms with van der Waals surface area (Å²) in [5, 5.41) is 13.2. The van der Waals surface area contributed by atoms with Gasteiger partial charge in [0.2, 0.25) is 0 Å². The van der Waals surface area contributed by atoms with Crippen LogP contribution in [0, 0.1) is 10.1 Å². The van der Waals surface area contributed by atoms with E-state index in [-0.39, 0.29) is 17.2 Å². The van der Waals surface area contributed by atoms with Gasteiger partial charge in [-0.1, -0.05) is 0 Å². The number of esters is 1. The molecule has 9 heteroatoms. The van der Waals surface area contributed by atoms with Crippen LogP contribution in [-0.2, 0) is 14.3 Å². The second-order valence-electron chi connectivity index (χ2n) is 5.79. The number of ketones is 1. The lowest BCUT2D eigenvalue weighted by Crippen LogP contribution is -2.31. The van der Waals surface area contributed by atoms with E-state index in [1.54, 1.807) is 24.3 Å². The fourth-order valence-corrected chi connectivity index (χ4v) is 2.12. The summed E-state index contributed by atoms with van der Waals surface area (Å²) in [6, 6.07) is 11.5. The van der Waals surface area contributed by atoms with Crippen molar-refractivity contribution in [1.29, 1.82) is 0 Å². The summed E-state index contributed by atoms with van der Waals surface area (Å²) in [4.78, 5) is 45.1. The Balaban J connectivity index is 1.81. The van der Waals surface area contributed by atoms with Crippen LogP contribution in [0.5, 0.6) is 5.75 Å². The molecule has 1 N–H and O–H groups in total. The van der Waals surface area contributed by atoms with Gasteiger partial charge >= 0.3 is 5.97 Å². The molecule has 0 fully saturated rings. The molecule has 0 aliphatic heterocycles. The summed E-state index contributed by atoms with van der Waals surface area (Å²) >= 11 is 0. The Morgan fingerprint density at radius 1 is 1.07 bits per heavy atom. The smallest absolute Gasteiger partial charge is 0.344 e. The maximum absolute atomic E-state index is 12.1. The number of benzene rings is 2. The number of carbonyl (C=O) groups excluding carboxylic acids is 3. The summed E-state index contributed by atoms with van der Waals surface area (Å²) in [6.45, 7) is 2.39. The molecule has 0 saturated carbocycles. The minimum absolute atomic E-state index is 0.0896. The Bertz CT molecular complexity index is 876. The van der Waals surface area contributed by atoms with E-state index in [1.165, 1.54) is 38.1 Å². The van der Waals surface area contributed by atoms with Crippen LogP contribution >= 0.6 is 0 Å². The van der Waals surface area contributed by atoms with Gasteiger partial charge in [-0.25, -0.2) is 4.79 Å². The first-order valence-electron chi connectivity index (χ1n) is 8.25. The molecule has 0 aliphatic rings. The number of amides is 1. The molecule has 0 heterocycles. The molecule has 0 radical (unpaired) electrons. The van der Waals surface area contributed by atoms with Gasteiger partial charge in [0.25, 0.3) is 11.6 Å². The molecule has 9 nitrogen and oxygen atoms in total. The first kappa shape index (κ1) is 20.6. The van der Waals surface area contributed by atoms with Crippen LogP contribution in [-0.4, -0.2) is 35.3 Å². The van der Waals surface area contributed by atoms with E-state index in [4.69, 9.17) is 9.47 Å². The molecule has 0 aromatic heterocycles. The van der Waals surface area contributed by atoms with E-state index in [0.717, 1.165) is 0 Å². The third kappa shape index (κ3) is 5.90. The van der Waals surface area contributed by atoms with E-state index in [9.17, 15) is 24.5 Å². The number of hydrogen-bond acceptors (Lipinski definition) is 7. The second-order valence-corrected chi connectivity index (χ2v) is 5.79. The molecule has 2 rings (SSSR count). The zero-order valence-electron chi connectivity index (χ0n) is 15.2. The quantitative estimate of drug-likeness (QED) is 0.320. The number of anilines is 1. The summed E-state index contributed by atoms with van der Waals surface area (Å²) in [6.07, 6.45) is -1.07. The number of hydrogen-bond donors (Lipinski definition) is 1. The zero-order chi connectivity index (χ0) is 20.7. The number of ether oxygens (including phenoxy) is 2. The number of Topliss-reactive ketones (excluding diaryl/α,β-unsaturated/α-hetero) is 1. The van der Waals surface area contributed by atoms with Gasteiger partial charge in [0, 0.05) is 23.4 Å². The molecule has 1 atom stereocenters. The number of carbonyl (C=O) groups is 3. The number of rotatable bonds is 8. The lowest BCUT2D eigenvalue weighted by Gasteiger charge is -2.14. The molecule has 0 aliphatic carbocycles. The first-order chi connectivity index (χ1) is 13.3. The largest absolute Gasteiger partial charge is 0.482 e. The number of non-ortho nitro benzene ring substituents is 1. The van der Waals surface area contributed by atoms with Gasteiger partial charge in [-0.15, -0.1) is 0 Å². The minimum Gasteiger partial charge on any atom is -0.482 e. The van der Waals surface area contributed by atoms with Gasteiger partial charge in [0.15, 0.2) is 18.5 Å². The highest BCUT2D eigenvalue weighted by molar-refractivity contribution is 5.97. The third-order valence-corrected chi connectivity index (χ3v) is 3.64. The van der Waals surface area contributed by atoms with Crippen molar-refractivity contribution >= 4 is 29.0 Å². The molecule has 0 spiro atoms. The van der Waals surface area contributed by atoms with E-state index in [1.807, 2.05) is 0 Å². The Morgan fingerprint density at radius 3 is 2.21 bits per heavy atom.